The molecule has 1 aliphatic rings. The number of rotatable bonds is 13. The van der Waals surface area contributed by atoms with Gasteiger partial charge in [-0.3, -0.25) is 19.2 Å². The van der Waals surface area contributed by atoms with E-state index < -0.39 is 42.7 Å². The standard InChI is InChI=1S/C27H34N6O6/c1-2-3-14-39-21-10-8-19(9-11-21)31-26(38)22(16-24(35)36)33-23(34)17-30-25(37)18-6-4-7-20(15-18)32-27-28-12-5-13-29-27/h4,6-11,15,22H,2-3,5,12-14,16-17H2,1H3,(H,30,37)(H,31,38)(H,33,34)(H,35,36)(H2,28,29,32)/t22-/m0/s1. The van der Waals surface area contributed by atoms with Crippen molar-refractivity contribution in [3.63, 3.8) is 0 Å². The second kappa shape index (κ2) is 15.0. The fourth-order valence-corrected chi connectivity index (χ4v) is 3.58. The molecule has 0 saturated carbocycles. The second-order valence-corrected chi connectivity index (χ2v) is 8.83. The lowest BCUT2D eigenvalue weighted by Gasteiger charge is -2.18. The number of carbonyl (C=O) groups excluding carboxylic acids is 3. The highest BCUT2D eigenvalue weighted by Crippen LogP contribution is 2.17. The monoisotopic (exact) mass is 538 g/mol. The largest absolute Gasteiger partial charge is 0.494 e. The van der Waals surface area contributed by atoms with Crippen LogP contribution in [-0.4, -0.2) is 67.0 Å². The Bertz CT molecular complexity index is 1180. The smallest absolute Gasteiger partial charge is 0.305 e. The number of guanidine groups is 1. The van der Waals surface area contributed by atoms with E-state index in [0.29, 0.717) is 35.3 Å². The van der Waals surface area contributed by atoms with Gasteiger partial charge in [0.2, 0.25) is 11.8 Å². The van der Waals surface area contributed by atoms with Crippen molar-refractivity contribution in [3.8, 4) is 5.75 Å². The Morgan fingerprint density at radius 1 is 1.08 bits per heavy atom. The van der Waals surface area contributed by atoms with Crippen LogP contribution in [0.15, 0.2) is 53.5 Å². The molecule has 3 amide bonds. The average molecular weight is 539 g/mol. The molecule has 6 N–H and O–H groups in total. The van der Waals surface area contributed by atoms with Gasteiger partial charge in [0.15, 0.2) is 5.96 Å². The first-order valence-corrected chi connectivity index (χ1v) is 12.8. The number of carboxylic acids is 1. The molecule has 0 aliphatic carbocycles. The zero-order chi connectivity index (χ0) is 28.0. The number of hydrogen-bond acceptors (Lipinski definition) is 6. The van der Waals surface area contributed by atoms with Crippen LogP contribution in [0, 0.1) is 0 Å². The highest BCUT2D eigenvalue weighted by Gasteiger charge is 2.24. The lowest BCUT2D eigenvalue weighted by Crippen LogP contribution is -2.48. The lowest BCUT2D eigenvalue weighted by atomic mass is 10.1. The van der Waals surface area contributed by atoms with Crippen molar-refractivity contribution in [2.24, 2.45) is 4.99 Å². The van der Waals surface area contributed by atoms with Gasteiger partial charge in [-0.1, -0.05) is 19.4 Å². The molecular formula is C27H34N6O6. The third kappa shape index (κ3) is 9.99. The van der Waals surface area contributed by atoms with Gasteiger partial charge in [-0.15, -0.1) is 0 Å². The van der Waals surface area contributed by atoms with Gasteiger partial charge in [0.05, 0.1) is 25.3 Å². The zero-order valence-corrected chi connectivity index (χ0v) is 21.8. The predicted molar refractivity (Wildman–Crippen MR) is 146 cm³/mol. The number of nitrogens with one attached hydrogen (secondary N) is 5. The Hall–Kier alpha value is -4.61. The summed E-state index contributed by atoms with van der Waals surface area (Å²) in [5.41, 5.74) is 1.27. The molecule has 1 fully saturated rings. The maximum absolute atomic E-state index is 12.7. The molecule has 0 spiro atoms. The van der Waals surface area contributed by atoms with E-state index in [1.54, 1.807) is 48.5 Å². The molecule has 1 saturated heterocycles. The Morgan fingerprint density at radius 2 is 1.82 bits per heavy atom. The molecule has 1 atom stereocenters. The number of anilines is 1. The molecule has 0 unspecified atom stereocenters. The summed E-state index contributed by atoms with van der Waals surface area (Å²) in [6, 6.07) is 11.9. The molecule has 0 aromatic heterocycles. The van der Waals surface area contributed by atoms with E-state index in [1.807, 2.05) is 0 Å². The van der Waals surface area contributed by atoms with Crippen LogP contribution < -0.4 is 31.3 Å². The van der Waals surface area contributed by atoms with Crippen LogP contribution in [0.4, 0.5) is 11.4 Å². The summed E-state index contributed by atoms with van der Waals surface area (Å²) in [4.78, 5) is 53.5. The van der Waals surface area contributed by atoms with Gasteiger partial charge in [-0.05, 0) is 55.3 Å². The molecule has 1 heterocycles. The fraction of sp³-hybridized carbons (Fsp3) is 0.370. The van der Waals surface area contributed by atoms with E-state index in [2.05, 4.69) is 38.5 Å². The van der Waals surface area contributed by atoms with Crippen LogP contribution in [0.3, 0.4) is 0 Å². The van der Waals surface area contributed by atoms with Crippen molar-refractivity contribution < 1.29 is 29.0 Å². The molecule has 39 heavy (non-hydrogen) atoms. The number of carboxylic acid groups (broad SMARTS) is 1. The van der Waals surface area contributed by atoms with Gasteiger partial charge >= 0.3 is 5.97 Å². The van der Waals surface area contributed by atoms with E-state index in [1.165, 1.54) is 0 Å². The van der Waals surface area contributed by atoms with Crippen molar-refractivity contribution >= 4 is 41.0 Å². The summed E-state index contributed by atoms with van der Waals surface area (Å²) in [6.45, 7) is 3.81. The normalized spacial score (nSPS) is 13.2. The Kier molecular flexibility index (Phi) is 11.1. The summed E-state index contributed by atoms with van der Waals surface area (Å²) in [5, 5.41) is 22.9. The summed E-state index contributed by atoms with van der Waals surface area (Å²) in [7, 11) is 0. The van der Waals surface area contributed by atoms with E-state index in [-0.39, 0.29) is 0 Å². The fourth-order valence-electron chi connectivity index (χ4n) is 3.58. The van der Waals surface area contributed by atoms with Gasteiger partial charge in [0.25, 0.3) is 5.91 Å². The van der Waals surface area contributed by atoms with Crippen LogP contribution >= 0.6 is 0 Å². The van der Waals surface area contributed by atoms with Gasteiger partial charge in [0, 0.05) is 24.3 Å². The van der Waals surface area contributed by atoms with Crippen molar-refractivity contribution in [3.05, 3.63) is 54.1 Å². The van der Waals surface area contributed by atoms with E-state index in [4.69, 9.17) is 4.74 Å². The molecule has 0 bridgehead atoms. The number of hydrogen-bond donors (Lipinski definition) is 6. The topological polar surface area (TPSA) is 170 Å². The number of benzene rings is 2. The number of amides is 3. The summed E-state index contributed by atoms with van der Waals surface area (Å²) in [6.07, 6.45) is 2.29. The minimum atomic E-state index is -1.35. The van der Waals surface area contributed by atoms with E-state index in [9.17, 15) is 24.3 Å². The minimum Gasteiger partial charge on any atom is -0.494 e. The summed E-state index contributed by atoms with van der Waals surface area (Å²) in [5.74, 6) is -1.92. The summed E-state index contributed by atoms with van der Waals surface area (Å²) >= 11 is 0. The van der Waals surface area contributed by atoms with Crippen molar-refractivity contribution in [1.82, 2.24) is 21.3 Å². The molecule has 208 valence electrons. The quantitative estimate of drug-likeness (QED) is 0.210. The first kappa shape index (κ1) is 29.0. The van der Waals surface area contributed by atoms with Crippen molar-refractivity contribution in [2.75, 3.05) is 31.6 Å². The van der Waals surface area contributed by atoms with E-state index >= 15 is 0 Å². The molecule has 2 aromatic carbocycles. The van der Waals surface area contributed by atoms with Crippen LogP contribution in [0.2, 0.25) is 0 Å². The van der Waals surface area contributed by atoms with Gasteiger partial charge < -0.3 is 36.4 Å². The van der Waals surface area contributed by atoms with Crippen LogP contribution in [-0.2, 0) is 14.4 Å². The highest BCUT2D eigenvalue weighted by atomic mass is 16.5. The number of carbonyl (C=O) groups is 4. The zero-order valence-electron chi connectivity index (χ0n) is 21.8. The van der Waals surface area contributed by atoms with Crippen LogP contribution in [0.5, 0.6) is 5.75 Å². The molecule has 2 aromatic rings. The number of aliphatic carboxylic acids is 1. The first-order valence-electron chi connectivity index (χ1n) is 12.8. The lowest BCUT2D eigenvalue weighted by molar-refractivity contribution is -0.139. The van der Waals surface area contributed by atoms with Crippen molar-refractivity contribution in [1.29, 1.82) is 0 Å². The number of unbranched alkanes of at least 4 members (excludes halogenated alkanes) is 1. The Balaban J connectivity index is 1.53. The Labute approximate surface area is 226 Å². The summed E-state index contributed by atoms with van der Waals surface area (Å²) < 4.78 is 5.58. The molecular weight excluding hydrogens is 504 g/mol. The number of nitrogens with zero attached hydrogens (tertiary/aromatic N) is 1. The molecule has 3 rings (SSSR count). The maximum Gasteiger partial charge on any atom is 0.305 e. The van der Waals surface area contributed by atoms with Crippen molar-refractivity contribution in [2.45, 2.75) is 38.6 Å². The Morgan fingerprint density at radius 3 is 2.51 bits per heavy atom. The maximum atomic E-state index is 12.7. The molecule has 12 nitrogen and oxygen atoms in total. The van der Waals surface area contributed by atoms with E-state index in [0.717, 1.165) is 32.4 Å². The predicted octanol–water partition coefficient (Wildman–Crippen LogP) is 1.76. The molecule has 12 heteroatoms. The number of aliphatic imine (C=N–C) groups is 1. The van der Waals surface area contributed by atoms with Gasteiger partial charge in [0.1, 0.15) is 11.8 Å². The molecule has 0 radical (unpaired) electrons. The molecule has 1 aliphatic heterocycles. The average Bonchev–Trinajstić information content (AvgIpc) is 2.93. The van der Waals surface area contributed by atoms with Crippen LogP contribution in [0.25, 0.3) is 0 Å². The van der Waals surface area contributed by atoms with Gasteiger partial charge in [-0.2, -0.15) is 0 Å². The third-order valence-electron chi connectivity index (χ3n) is 5.62. The number of ether oxygens (including phenoxy) is 1. The SMILES string of the molecule is CCCCOc1ccc(NC(=O)[C@H](CC(=O)O)NC(=O)CNC(=O)c2cccc(N=C3NCCCN3)c2)cc1. The second-order valence-electron chi connectivity index (χ2n) is 8.83. The highest BCUT2D eigenvalue weighted by molar-refractivity contribution is 6.01. The first-order chi connectivity index (χ1) is 18.8. The van der Waals surface area contributed by atoms with Gasteiger partial charge in [-0.25, -0.2) is 4.99 Å². The third-order valence-corrected chi connectivity index (χ3v) is 5.62. The van der Waals surface area contributed by atoms with Crippen LogP contribution in [0.1, 0.15) is 43.0 Å². The minimum absolute atomic E-state index is 0.294.